The molecule has 0 bridgehead atoms. The predicted octanol–water partition coefficient (Wildman–Crippen LogP) is 3.00. The molecule has 0 heterocycles. The highest BCUT2D eigenvalue weighted by Crippen LogP contribution is 2.15. The van der Waals surface area contributed by atoms with E-state index in [0.29, 0.717) is 0 Å². The Hall–Kier alpha value is -0.330. The molecule has 1 heteroatoms. The van der Waals surface area contributed by atoms with Gasteiger partial charge in [0.2, 0.25) is 0 Å². The number of carbonyl (C=O) groups is 1. The highest BCUT2D eigenvalue weighted by atomic mass is 16.1. The van der Waals surface area contributed by atoms with Crippen molar-refractivity contribution in [3.05, 3.63) is 6.92 Å². The van der Waals surface area contributed by atoms with Gasteiger partial charge in [-0.05, 0) is 12.8 Å². The van der Waals surface area contributed by atoms with Crippen molar-refractivity contribution in [3.63, 3.8) is 0 Å². The fraction of sp³-hybridized carbons (Fsp3) is 0.800. The van der Waals surface area contributed by atoms with Gasteiger partial charge in [0.1, 0.15) is 5.78 Å². The van der Waals surface area contributed by atoms with E-state index in [-0.39, 0.29) is 11.7 Å². The molecule has 1 radical (unpaired) electrons. The third-order valence-corrected chi connectivity index (χ3v) is 2.00. The van der Waals surface area contributed by atoms with Crippen molar-refractivity contribution in [3.8, 4) is 0 Å². The summed E-state index contributed by atoms with van der Waals surface area (Å²) < 4.78 is 0. The van der Waals surface area contributed by atoms with E-state index in [9.17, 15) is 4.79 Å². The predicted molar refractivity (Wildman–Crippen MR) is 48.3 cm³/mol. The zero-order valence-electron chi connectivity index (χ0n) is 7.73. The summed E-state index contributed by atoms with van der Waals surface area (Å²) in [5.74, 6) is 0.361. The van der Waals surface area contributed by atoms with Crippen molar-refractivity contribution >= 4 is 5.78 Å². The van der Waals surface area contributed by atoms with Gasteiger partial charge in [0.25, 0.3) is 0 Å². The molecule has 1 atom stereocenters. The van der Waals surface area contributed by atoms with Crippen LogP contribution in [-0.4, -0.2) is 5.78 Å². The van der Waals surface area contributed by atoms with Crippen LogP contribution in [-0.2, 0) is 4.79 Å². The van der Waals surface area contributed by atoms with E-state index in [1.54, 1.807) is 0 Å². The second kappa shape index (κ2) is 6.38. The summed E-state index contributed by atoms with van der Waals surface area (Å²) in [5, 5.41) is 0. The summed E-state index contributed by atoms with van der Waals surface area (Å²) in [6.07, 6.45) is 5.48. The maximum Gasteiger partial charge on any atom is 0.136 e. The van der Waals surface area contributed by atoms with Crippen LogP contribution in [0, 0.1) is 12.8 Å². The molecule has 0 aliphatic heterocycles. The lowest BCUT2D eigenvalue weighted by molar-refractivity contribution is -0.118. The Morgan fingerprint density at radius 1 is 1.27 bits per heavy atom. The second-order valence-corrected chi connectivity index (χ2v) is 3.09. The second-order valence-electron chi connectivity index (χ2n) is 3.09. The average molecular weight is 155 g/mol. The molecular formula is C10H19O. The summed E-state index contributed by atoms with van der Waals surface area (Å²) in [5.41, 5.74) is 0. The van der Waals surface area contributed by atoms with Crippen LogP contribution >= 0.6 is 0 Å². The van der Waals surface area contributed by atoms with Crippen LogP contribution in [0.4, 0.5) is 0 Å². The molecule has 0 aromatic carbocycles. The largest absolute Gasteiger partial charge is 0.299 e. The third-order valence-electron chi connectivity index (χ3n) is 2.00. The Morgan fingerprint density at radius 2 is 1.91 bits per heavy atom. The van der Waals surface area contributed by atoms with E-state index in [2.05, 4.69) is 20.8 Å². The Bertz CT molecular complexity index is 107. The first kappa shape index (κ1) is 10.7. The Morgan fingerprint density at radius 3 is 2.27 bits per heavy atom. The van der Waals surface area contributed by atoms with Crippen molar-refractivity contribution < 1.29 is 4.79 Å². The number of carbonyl (C=O) groups excluding carboxylic acids is 1. The van der Waals surface area contributed by atoms with Gasteiger partial charge in [0.15, 0.2) is 0 Å². The van der Waals surface area contributed by atoms with E-state index < -0.39 is 0 Å². The lowest BCUT2D eigenvalue weighted by Gasteiger charge is -2.10. The van der Waals surface area contributed by atoms with E-state index in [1.165, 1.54) is 6.42 Å². The lowest BCUT2D eigenvalue weighted by Crippen LogP contribution is -2.10. The maximum absolute atomic E-state index is 10.9. The first-order valence-electron chi connectivity index (χ1n) is 4.58. The number of rotatable bonds is 6. The normalized spacial score (nSPS) is 13.0. The fourth-order valence-electron chi connectivity index (χ4n) is 1.27. The van der Waals surface area contributed by atoms with Crippen molar-refractivity contribution in [1.29, 1.82) is 0 Å². The lowest BCUT2D eigenvalue weighted by atomic mass is 9.94. The Balaban J connectivity index is 3.60. The van der Waals surface area contributed by atoms with E-state index >= 15 is 0 Å². The van der Waals surface area contributed by atoms with Crippen LogP contribution in [0.5, 0.6) is 0 Å². The quantitative estimate of drug-likeness (QED) is 0.576. The molecule has 0 spiro atoms. The van der Waals surface area contributed by atoms with E-state index in [4.69, 9.17) is 0 Å². The Labute approximate surface area is 70.2 Å². The first-order chi connectivity index (χ1) is 5.22. The highest BCUT2D eigenvalue weighted by Gasteiger charge is 2.11. The molecule has 0 rings (SSSR count). The van der Waals surface area contributed by atoms with E-state index in [1.807, 2.05) is 0 Å². The van der Waals surface area contributed by atoms with Gasteiger partial charge in [-0.1, -0.05) is 33.1 Å². The molecule has 0 fully saturated rings. The van der Waals surface area contributed by atoms with Crippen LogP contribution in [0.15, 0.2) is 0 Å². The molecule has 0 aliphatic carbocycles. The molecular weight excluding hydrogens is 136 g/mol. The smallest absolute Gasteiger partial charge is 0.136 e. The van der Waals surface area contributed by atoms with Crippen LogP contribution in [0.2, 0.25) is 0 Å². The first-order valence-corrected chi connectivity index (χ1v) is 4.58. The van der Waals surface area contributed by atoms with Gasteiger partial charge in [-0.25, -0.2) is 0 Å². The number of hydrogen-bond donors (Lipinski definition) is 0. The SMILES string of the molecule is [CH2]C(=O)C(CCC)CCCC. The number of unbranched alkanes of at least 4 members (excludes halogenated alkanes) is 1. The molecule has 11 heavy (non-hydrogen) atoms. The van der Waals surface area contributed by atoms with Gasteiger partial charge in [0, 0.05) is 12.8 Å². The molecule has 0 amide bonds. The topological polar surface area (TPSA) is 17.1 Å². The Kier molecular flexibility index (Phi) is 6.19. The van der Waals surface area contributed by atoms with Gasteiger partial charge in [-0.15, -0.1) is 0 Å². The van der Waals surface area contributed by atoms with Crippen molar-refractivity contribution in [1.82, 2.24) is 0 Å². The summed E-state index contributed by atoms with van der Waals surface area (Å²) in [6.45, 7) is 7.73. The van der Waals surface area contributed by atoms with E-state index in [0.717, 1.165) is 25.7 Å². The molecule has 0 saturated carbocycles. The van der Waals surface area contributed by atoms with Gasteiger partial charge < -0.3 is 0 Å². The standard InChI is InChI=1S/C10H19O/c1-4-6-8-10(7-5-2)9(3)11/h10H,3-8H2,1-2H3. The molecule has 65 valence electrons. The van der Waals surface area contributed by atoms with Gasteiger partial charge in [-0.2, -0.15) is 0 Å². The molecule has 0 N–H and O–H groups in total. The fourth-order valence-corrected chi connectivity index (χ4v) is 1.27. The minimum absolute atomic E-state index is 0.125. The van der Waals surface area contributed by atoms with Crippen LogP contribution in [0.1, 0.15) is 46.0 Å². The molecule has 1 unspecified atom stereocenters. The monoisotopic (exact) mass is 155 g/mol. The van der Waals surface area contributed by atoms with Crippen LogP contribution in [0.25, 0.3) is 0 Å². The van der Waals surface area contributed by atoms with Gasteiger partial charge in [-0.3, -0.25) is 4.79 Å². The zero-order valence-corrected chi connectivity index (χ0v) is 7.73. The van der Waals surface area contributed by atoms with Crippen molar-refractivity contribution in [2.45, 2.75) is 46.0 Å². The van der Waals surface area contributed by atoms with Gasteiger partial charge >= 0.3 is 0 Å². The van der Waals surface area contributed by atoms with Gasteiger partial charge in [0.05, 0.1) is 0 Å². The number of ketones is 1. The van der Waals surface area contributed by atoms with Crippen LogP contribution < -0.4 is 0 Å². The third kappa shape index (κ3) is 5.00. The molecule has 0 aromatic rings. The summed E-state index contributed by atoms with van der Waals surface area (Å²) in [6, 6.07) is 0. The average Bonchev–Trinajstić information content (AvgIpc) is 1.97. The maximum atomic E-state index is 10.9. The minimum Gasteiger partial charge on any atom is -0.299 e. The minimum atomic E-state index is 0.125. The van der Waals surface area contributed by atoms with Crippen molar-refractivity contribution in [2.75, 3.05) is 0 Å². The summed E-state index contributed by atoms with van der Waals surface area (Å²) in [7, 11) is 0. The summed E-state index contributed by atoms with van der Waals surface area (Å²) >= 11 is 0. The highest BCUT2D eigenvalue weighted by molar-refractivity contribution is 5.84. The number of hydrogen-bond acceptors (Lipinski definition) is 1. The summed E-state index contributed by atoms with van der Waals surface area (Å²) in [4.78, 5) is 10.9. The van der Waals surface area contributed by atoms with Crippen LogP contribution in [0.3, 0.4) is 0 Å². The molecule has 0 saturated heterocycles. The molecule has 1 nitrogen and oxygen atoms in total. The zero-order chi connectivity index (χ0) is 8.69. The molecule has 0 aromatic heterocycles. The number of Topliss-reactive ketones (excluding diaryl/α,β-unsaturated/α-hetero) is 1. The van der Waals surface area contributed by atoms with Crippen molar-refractivity contribution in [2.24, 2.45) is 5.92 Å². The molecule has 0 aliphatic rings.